The second-order valence-electron chi connectivity index (χ2n) is 3.84. The molecule has 0 aromatic rings. The highest BCUT2D eigenvalue weighted by atomic mass is 16.5. The normalized spacial score (nSPS) is 22.0. The van der Waals surface area contributed by atoms with E-state index in [-0.39, 0.29) is 12.1 Å². The third kappa shape index (κ3) is 3.77. The monoisotopic (exact) mass is 185 g/mol. The molecule has 3 heteroatoms. The molecular weight excluding hydrogens is 166 g/mol. The second kappa shape index (κ2) is 5.22. The Bertz CT molecular complexity index is 160. The van der Waals surface area contributed by atoms with Crippen LogP contribution >= 0.6 is 0 Å². The summed E-state index contributed by atoms with van der Waals surface area (Å²) in [5, 5.41) is 0. The van der Waals surface area contributed by atoms with Gasteiger partial charge in [-0.2, -0.15) is 0 Å². The Hall–Kier alpha value is -0.570. The number of nitrogens with two attached hydrogens (primary N) is 1. The lowest BCUT2D eigenvalue weighted by Crippen LogP contribution is -2.32. The standard InChI is InChI=1S/C10H19NO2/c1-8(11)10(12)13-9-6-4-2-3-5-7-9/h8-9H,2-7,11H2,1H3/t8-/m1/s1. The molecule has 76 valence electrons. The van der Waals surface area contributed by atoms with Gasteiger partial charge in [0.15, 0.2) is 0 Å². The number of ether oxygens (including phenoxy) is 1. The van der Waals surface area contributed by atoms with Crippen LogP contribution in [0.2, 0.25) is 0 Å². The van der Waals surface area contributed by atoms with Crippen molar-refractivity contribution >= 4 is 5.97 Å². The molecule has 0 amide bonds. The fraction of sp³-hybridized carbons (Fsp3) is 0.900. The van der Waals surface area contributed by atoms with Crippen molar-refractivity contribution < 1.29 is 9.53 Å². The van der Waals surface area contributed by atoms with Crippen LogP contribution in [-0.2, 0) is 9.53 Å². The third-order valence-corrected chi connectivity index (χ3v) is 2.46. The number of hydrogen-bond acceptors (Lipinski definition) is 3. The average Bonchev–Trinajstić information content (AvgIpc) is 2.32. The maximum atomic E-state index is 11.2. The van der Waals surface area contributed by atoms with E-state index in [0.29, 0.717) is 0 Å². The van der Waals surface area contributed by atoms with Crippen molar-refractivity contribution in [1.82, 2.24) is 0 Å². The molecule has 2 N–H and O–H groups in total. The summed E-state index contributed by atoms with van der Waals surface area (Å²) in [4.78, 5) is 11.2. The summed E-state index contributed by atoms with van der Waals surface area (Å²) in [6.07, 6.45) is 7.05. The van der Waals surface area contributed by atoms with Gasteiger partial charge in [-0.05, 0) is 32.6 Å². The van der Waals surface area contributed by atoms with Gasteiger partial charge in [-0.1, -0.05) is 12.8 Å². The van der Waals surface area contributed by atoms with Crippen LogP contribution < -0.4 is 5.73 Å². The molecule has 0 aromatic heterocycles. The Labute approximate surface area is 79.6 Å². The minimum absolute atomic E-state index is 0.126. The van der Waals surface area contributed by atoms with Crippen LogP contribution in [0.5, 0.6) is 0 Å². The highest BCUT2D eigenvalue weighted by molar-refractivity contribution is 5.75. The summed E-state index contributed by atoms with van der Waals surface area (Å²) < 4.78 is 5.27. The zero-order valence-corrected chi connectivity index (χ0v) is 8.29. The predicted molar refractivity (Wildman–Crippen MR) is 51.2 cm³/mol. The van der Waals surface area contributed by atoms with Gasteiger partial charge in [0.1, 0.15) is 12.1 Å². The summed E-state index contributed by atoms with van der Waals surface area (Å²) in [7, 11) is 0. The second-order valence-corrected chi connectivity index (χ2v) is 3.84. The average molecular weight is 185 g/mol. The highest BCUT2D eigenvalue weighted by Crippen LogP contribution is 2.19. The van der Waals surface area contributed by atoms with Crippen molar-refractivity contribution in [3.8, 4) is 0 Å². The SMILES string of the molecule is C[C@@H](N)C(=O)OC1CCCCCC1. The Morgan fingerprint density at radius 1 is 1.31 bits per heavy atom. The van der Waals surface area contributed by atoms with Gasteiger partial charge < -0.3 is 10.5 Å². The van der Waals surface area contributed by atoms with E-state index in [9.17, 15) is 4.79 Å². The molecule has 0 saturated heterocycles. The van der Waals surface area contributed by atoms with E-state index < -0.39 is 6.04 Å². The van der Waals surface area contributed by atoms with Gasteiger partial charge in [-0.25, -0.2) is 0 Å². The van der Waals surface area contributed by atoms with Crippen LogP contribution in [0.4, 0.5) is 0 Å². The van der Waals surface area contributed by atoms with Crippen molar-refractivity contribution in [1.29, 1.82) is 0 Å². The predicted octanol–water partition coefficient (Wildman–Crippen LogP) is 1.60. The number of carbonyl (C=O) groups excluding carboxylic acids is 1. The molecular formula is C10H19NO2. The maximum absolute atomic E-state index is 11.2. The van der Waals surface area contributed by atoms with Crippen molar-refractivity contribution in [3.05, 3.63) is 0 Å². The summed E-state index contributed by atoms with van der Waals surface area (Å²) in [5.74, 6) is -0.258. The molecule has 3 nitrogen and oxygen atoms in total. The van der Waals surface area contributed by atoms with E-state index in [1.165, 1.54) is 25.7 Å². The van der Waals surface area contributed by atoms with E-state index in [1.54, 1.807) is 6.92 Å². The third-order valence-electron chi connectivity index (χ3n) is 2.46. The van der Waals surface area contributed by atoms with Crippen LogP contribution in [0.15, 0.2) is 0 Å². The van der Waals surface area contributed by atoms with Crippen LogP contribution in [0.3, 0.4) is 0 Å². The molecule has 1 rings (SSSR count). The first kappa shape index (κ1) is 10.5. The number of carbonyl (C=O) groups is 1. The fourth-order valence-electron chi connectivity index (χ4n) is 1.63. The van der Waals surface area contributed by atoms with Gasteiger partial charge in [-0.15, -0.1) is 0 Å². The van der Waals surface area contributed by atoms with Gasteiger partial charge in [0.2, 0.25) is 0 Å². The van der Waals surface area contributed by atoms with Crippen LogP contribution in [0, 0.1) is 0 Å². The summed E-state index contributed by atoms with van der Waals surface area (Å²) >= 11 is 0. The summed E-state index contributed by atoms with van der Waals surface area (Å²) in [6, 6.07) is -0.483. The molecule has 0 aliphatic heterocycles. The lowest BCUT2D eigenvalue weighted by atomic mass is 10.1. The molecule has 0 aromatic carbocycles. The molecule has 0 radical (unpaired) electrons. The quantitative estimate of drug-likeness (QED) is 0.525. The van der Waals surface area contributed by atoms with Gasteiger partial charge in [0.05, 0.1) is 0 Å². The Morgan fingerprint density at radius 2 is 1.85 bits per heavy atom. The van der Waals surface area contributed by atoms with Crippen molar-refractivity contribution in [3.63, 3.8) is 0 Å². The molecule has 1 saturated carbocycles. The zero-order valence-electron chi connectivity index (χ0n) is 8.29. The molecule has 1 atom stereocenters. The first-order valence-electron chi connectivity index (χ1n) is 5.16. The minimum atomic E-state index is -0.483. The largest absolute Gasteiger partial charge is 0.461 e. The topological polar surface area (TPSA) is 52.3 Å². The lowest BCUT2D eigenvalue weighted by Gasteiger charge is -2.16. The first-order chi connectivity index (χ1) is 6.20. The molecule has 0 unspecified atom stereocenters. The highest BCUT2D eigenvalue weighted by Gasteiger charge is 2.18. The molecule has 0 heterocycles. The molecule has 1 fully saturated rings. The van der Waals surface area contributed by atoms with Crippen molar-refractivity contribution in [2.45, 2.75) is 57.6 Å². The first-order valence-corrected chi connectivity index (χ1v) is 5.16. The van der Waals surface area contributed by atoms with Gasteiger partial charge in [-0.3, -0.25) is 4.79 Å². The van der Waals surface area contributed by atoms with E-state index >= 15 is 0 Å². The van der Waals surface area contributed by atoms with Gasteiger partial charge >= 0.3 is 5.97 Å². The van der Waals surface area contributed by atoms with E-state index in [1.807, 2.05) is 0 Å². The molecule has 13 heavy (non-hydrogen) atoms. The van der Waals surface area contributed by atoms with Gasteiger partial charge in [0.25, 0.3) is 0 Å². The number of hydrogen-bond donors (Lipinski definition) is 1. The van der Waals surface area contributed by atoms with E-state index in [0.717, 1.165) is 12.8 Å². The molecule has 0 bridgehead atoms. The Morgan fingerprint density at radius 3 is 2.31 bits per heavy atom. The Balaban J connectivity index is 2.29. The molecule has 1 aliphatic carbocycles. The Kier molecular flexibility index (Phi) is 4.22. The fourth-order valence-corrected chi connectivity index (χ4v) is 1.63. The molecule has 1 aliphatic rings. The maximum Gasteiger partial charge on any atom is 0.322 e. The molecule has 0 spiro atoms. The van der Waals surface area contributed by atoms with Crippen LogP contribution in [0.25, 0.3) is 0 Å². The van der Waals surface area contributed by atoms with E-state index in [4.69, 9.17) is 10.5 Å². The number of esters is 1. The minimum Gasteiger partial charge on any atom is -0.461 e. The zero-order chi connectivity index (χ0) is 9.68. The van der Waals surface area contributed by atoms with Crippen LogP contribution in [0.1, 0.15) is 45.4 Å². The smallest absolute Gasteiger partial charge is 0.322 e. The summed E-state index contributed by atoms with van der Waals surface area (Å²) in [5.41, 5.74) is 5.42. The van der Waals surface area contributed by atoms with Crippen LogP contribution in [-0.4, -0.2) is 18.1 Å². The van der Waals surface area contributed by atoms with Crippen molar-refractivity contribution in [2.24, 2.45) is 5.73 Å². The lowest BCUT2D eigenvalue weighted by molar-refractivity contribution is -0.150. The van der Waals surface area contributed by atoms with E-state index in [2.05, 4.69) is 0 Å². The van der Waals surface area contributed by atoms with Crippen molar-refractivity contribution in [2.75, 3.05) is 0 Å². The van der Waals surface area contributed by atoms with Gasteiger partial charge in [0, 0.05) is 0 Å². The summed E-state index contributed by atoms with van der Waals surface area (Å²) in [6.45, 7) is 1.67. The number of rotatable bonds is 2.